The molecule has 0 fully saturated rings. The van der Waals surface area contributed by atoms with E-state index in [9.17, 15) is 4.39 Å². The van der Waals surface area contributed by atoms with Gasteiger partial charge in [-0.1, -0.05) is 48.6 Å². The van der Waals surface area contributed by atoms with E-state index in [0.29, 0.717) is 29.6 Å². The number of fused-ring (bicyclic) bond motifs is 1. The number of rotatable bonds is 7. The zero-order valence-electron chi connectivity index (χ0n) is 17.5. The first-order chi connectivity index (χ1) is 15.1. The number of hydrogen-bond acceptors (Lipinski definition) is 2. The fraction of sp³-hybridized carbons (Fsp3) is 0.185. The smallest absolute Gasteiger partial charge is 0.159 e. The number of aryl methyl sites for hydroxylation is 3. The zero-order chi connectivity index (χ0) is 21.6. The summed E-state index contributed by atoms with van der Waals surface area (Å²) in [5.41, 5.74) is 3.61. The molecule has 4 heteroatoms. The molecule has 1 heterocycles. The van der Waals surface area contributed by atoms with Crippen LogP contribution in [0.5, 0.6) is 0 Å². The Hall–Kier alpha value is -3.40. The summed E-state index contributed by atoms with van der Waals surface area (Å²) in [7, 11) is 0. The molecule has 0 amide bonds. The molecule has 0 aliphatic rings. The first kappa shape index (κ1) is 20.9. The van der Waals surface area contributed by atoms with E-state index < -0.39 is 0 Å². The molecule has 0 radical (unpaired) electrons. The highest BCUT2D eigenvalue weighted by Gasteiger charge is 2.10. The van der Waals surface area contributed by atoms with Crippen molar-refractivity contribution in [1.29, 1.82) is 0 Å². The second kappa shape index (κ2) is 9.61. The summed E-state index contributed by atoms with van der Waals surface area (Å²) in [6.07, 6.45) is 11.0. The number of hydrogen-bond donors (Lipinski definition) is 0. The third-order valence-electron chi connectivity index (χ3n) is 5.43. The summed E-state index contributed by atoms with van der Waals surface area (Å²) in [5.74, 6) is 0.174. The zero-order valence-corrected chi connectivity index (χ0v) is 17.5. The summed E-state index contributed by atoms with van der Waals surface area (Å²) in [4.78, 5) is 8.98. The van der Waals surface area contributed by atoms with Gasteiger partial charge >= 0.3 is 0 Å². The van der Waals surface area contributed by atoms with Gasteiger partial charge < -0.3 is 0 Å². The quantitative estimate of drug-likeness (QED) is 0.308. The van der Waals surface area contributed by atoms with Crippen LogP contribution in [0, 0.1) is 11.6 Å². The lowest BCUT2D eigenvalue weighted by Gasteiger charge is -2.09. The van der Waals surface area contributed by atoms with E-state index >= 15 is 4.39 Å². The lowest BCUT2D eigenvalue weighted by molar-refractivity contribution is 0.619. The molecule has 0 aliphatic heterocycles. The minimum Gasteiger partial charge on any atom is -0.236 e. The van der Waals surface area contributed by atoms with Gasteiger partial charge in [-0.3, -0.25) is 0 Å². The van der Waals surface area contributed by atoms with Crippen LogP contribution in [0.15, 0.2) is 79.1 Å². The van der Waals surface area contributed by atoms with E-state index in [-0.39, 0.29) is 11.6 Å². The Kier molecular flexibility index (Phi) is 6.46. The largest absolute Gasteiger partial charge is 0.236 e. The molecule has 4 rings (SSSR count). The van der Waals surface area contributed by atoms with Crippen molar-refractivity contribution >= 4 is 10.8 Å². The summed E-state index contributed by atoms with van der Waals surface area (Å²) in [6, 6.07) is 15.7. The topological polar surface area (TPSA) is 25.8 Å². The van der Waals surface area contributed by atoms with E-state index in [2.05, 4.69) is 16.0 Å². The molecule has 1 aromatic heterocycles. The van der Waals surface area contributed by atoms with Crippen LogP contribution in [0.4, 0.5) is 8.78 Å². The van der Waals surface area contributed by atoms with Gasteiger partial charge in [-0.25, -0.2) is 18.7 Å². The highest BCUT2D eigenvalue weighted by Crippen LogP contribution is 2.26. The predicted molar refractivity (Wildman–Crippen MR) is 122 cm³/mol. The molecule has 0 unspecified atom stereocenters. The first-order valence-corrected chi connectivity index (χ1v) is 10.5. The Bertz CT molecular complexity index is 1200. The highest BCUT2D eigenvalue weighted by molar-refractivity contribution is 5.87. The molecule has 156 valence electrons. The molecule has 0 bridgehead atoms. The first-order valence-electron chi connectivity index (χ1n) is 10.5. The van der Waals surface area contributed by atoms with Crippen molar-refractivity contribution < 1.29 is 8.78 Å². The number of allylic oxidation sites excluding steroid dienone is 2. The number of benzene rings is 3. The minimum absolute atomic E-state index is 0.202. The molecule has 0 N–H and O–H groups in total. The average molecular weight is 414 g/mol. The molecule has 3 aromatic carbocycles. The van der Waals surface area contributed by atoms with Crippen molar-refractivity contribution in [2.45, 2.75) is 32.6 Å². The third-order valence-corrected chi connectivity index (χ3v) is 5.43. The van der Waals surface area contributed by atoms with Gasteiger partial charge in [0.2, 0.25) is 0 Å². The van der Waals surface area contributed by atoms with Crippen molar-refractivity contribution in [2.75, 3.05) is 0 Å². The van der Waals surface area contributed by atoms with Gasteiger partial charge in [-0.2, -0.15) is 0 Å². The third kappa shape index (κ3) is 5.02. The van der Waals surface area contributed by atoms with E-state index in [1.807, 2.05) is 49.7 Å². The standard InChI is InChI=1S/C27H24F2N2/c1-2-3-4-5-20-17-30-27(31-18-20)23-12-15-25-22(16-23)11-10-21(26(25)29)9-6-19-7-13-24(28)14-8-19/h2-3,7-8,10-18H,4-6,9H2,1H3/b3-2+. The van der Waals surface area contributed by atoms with Gasteiger partial charge in [0.25, 0.3) is 0 Å². The second-order valence-corrected chi connectivity index (χ2v) is 7.62. The SMILES string of the molecule is C/C=C/CCc1cnc(-c2ccc3c(F)c(CCc4ccc(F)cc4)ccc3c2)nc1. The minimum atomic E-state index is -0.260. The lowest BCUT2D eigenvalue weighted by atomic mass is 9.99. The maximum absolute atomic E-state index is 15.1. The monoisotopic (exact) mass is 414 g/mol. The van der Waals surface area contributed by atoms with E-state index in [0.717, 1.165) is 34.9 Å². The van der Waals surface area contributed by atoms with Gasteiger partial charge in [0.15, 0.2) is 5.82 Å². The van der Waals surface area contributed by atoms with Crippen molar-refractivity contribution in [1.82, 2.24) is 9.97 Å². The van der Waals surface area contributed by atoms with Gasteiger partial charge in [0.05, 0.1) is 0 Å². The van der Waals surface area contributed by atoms with Crippen molar-refractivity contribution in [3.63, 3.8) is 0 Å². The fourth-order valence-electron chi connectivity index (χ4n) is 3.65. The summed E-state index contributed by atoms with van der Waals surface area (Å²) >= 11 is 0. The molecule has 4 aromatic rings. The van der Waals surface area contributed by atoms with E-state index in [1.54, 1.807) is 18.2 Å². The van der Waals surface area contributed by atoms with Crippen LogP contribution in [-0.4, -0.2) is 9.97 Å². The van der Waals surface area contributed by atoms with E-state index in [1.165, 1.54) is 12.1 Å². The molecule has 0 saturated carbocycles. The second-order valence-electron chi connectivity index (χ2n) is 7.62. The molecule has 0 saturated heterocycles. The molecular formula is C27H24F2N2. The van der Waals surface area contributed by atoms with Crippen molar-refractivity contribution in [3.8, 4) is 11.4 Å². The number of halogens is 2. The van der Waals surface area contributed by atoms with E-state index in [4.69, 9.17) is 0 Å². The summed E-state index contributed by atoms with van der Waals surface area (Å²) in [5, 5.41) is 1.41. The Morgan fingerprint density at radius 1 is 0.806 bits per heavy atom. The van der Waals surface area contributed by atoms with Crippen LogP contribution >= 0.6 is 0 Å². The fourth-order valence-corrected chi connectivity index (χ4v) is 3.65. The maximum Gasteiger partial charge on any atom is 0.159 e. The molecule has 0 aliphatic carbocycles. The van der Waals surface area contributed by atoms with Crippen LogP contribution in [0.1, 0.15) is 30.0 Å². The van der Waals surface area contributed by atoms with Gasteiger partial charge in [0.1, 0.15) is 11.6 Å². The van der Waals surface area contributed by atoms with Gasteiger partial charge in [-0.05, 0) is 72.9 Å². The maximum atomic E-state index is 15.1. The van der Waals surface area contributed by atoms with Gasteiger partial charge in [0, 0.05) is 23.3 Å². The van der Waals surface area contributed by atoms with Crippen molar-refractivity contribution in [3.05, 3.63) is 107 Å². The molecule has 0 atom stereocenters. The predicted octanol–water partition coefficient (Wildman–Crippen LogP) is 6.87. The Morgan fingerprint density at radius 3 is 2.32 bits per heavy atom. The number of aromatic nitrogens is 2. The lowest BCUT2D eigenvalue weighted by Crippen LogP contribution is -1.97. The van der Waals surface area contributed by atoms with Gasteiger partial charge in [-0.15, -0.1) is 0 Å². The van der Waals surface area contributed by atoms with Crippen LogP contribution in [0.3, 0.4) is 0 Å². The molecular weight excluding hydrogens is 390 g/mol. The molecule has 31 heavy (non-hydrogen) atoms. The normalized spacial score (nSPS) is 11.5. The van der Waals surface area contributed by atoms with Crippen LogP contribution in [-0.2, 0) is 19.3 Å². The molecule has 2 nitrogen and oxygen atoms in total. The average Bonchev–Trinajstić information content (AvgIpc) is 2.80. The van der Waals surface area contributed by atoms with Crippen LogP contribution in [0.25, 0.3) is 22.2 Å². The number of nitrogens with zero attached hydrogens (tertiary/aromatic N) is 2. The Morgan fingerprint density at radius 2 is 1.58 bits per heavy atom. The summed E-state index contributed by atoms with van der Waals surface area (Å²) in [6.45, 7) is 2.01. The van der Waals surface area contributed by atoms with Crippen molar-refractivity contribution in [2.24, 2.45) is 0 Å². The van der Waals surface area contributed by atoms with Crippen LogP contribution < -0.4 is 0 Å². The summed E-state index contributed by atoms with van der Waals surface area (Å²) < 4.78 is 28.1. The Labute approximate surface area is 181 Å². The Balaban J connectivity index is 1.52. The highest BCUT2D eigenvalue weighted by atomic mass is 19.1. The molecule has 0 spiro atoms. The van der Waals surface area contributed by atoms with Crippen LogP contribution in [0.2, 0.25) is 0 Å².